The Balaban J connectivity index is 1.49. The number of carbonyl (C=O) groups excluding carboxylic acids is 1. The maximum atomic E-state index is 13.9. The number of amides is 1. The van der Waals surface area contributed by atoms with Crippen molar-refractivity contribution in [2.45, 2.75) is 0 Å². The highest BCUT2D eigenvalue weighted by Gasteiger charge is 2.17. The van der Waals surface area contributed by atoms with Gasteiger partial charge in [-0.25, -0.2) is 8.78 Å². The number of benzene rings is 2. The Morgan fingerprint density at radius 3 is 2.44 bits per heavy atom. The van der Waals surface area contributed by atoms with Gasteiger partial charge < -0.3 is 5.32 Å². The van der Waals surface area contributed by atoms with Crippen molar-refractivity contribution in [3.63, 3.8) is 0 Å². The van der Waals surface area contributed by atoms with Crippen molar-refractivity contribution in [1.82, 2.24) is 24.8 Å². The zero-order chi connectivity index (χ0) is 22.1. The summed E-state index contributed by atoms with van der Waals surface area (Å²) >= 11 is 0. The molecule has 5 aromatic rings. The molecule has 0 bridgehead atoms. The van der Waals surface area contributed by atoms with Crippen LogP contribution in [0.5, 0.6) is 0 Å². The fraction of sp³-hybridized carbons (Fsp3) is 0. The van der Waals surface area contributed by atoms with E-state index in [1.807, 2.05) is 12.1 Å². The van der Waals surface area contributed by atoms with E-state index in [0.29, 0.717) is 28.4 Å². The van der Waals surface area contributed by atoms with Crippen LogP contribution in [0.1, 0.15) is 10.4 Å². The number of halogens is 2. The largest absolute Gasteiger partial charge is 0.322 e. The van der Waals surface area contributed by atoms with Gasteiger partial charge in [0, 0.05) is 29.2 Å². The van der Waals surface area contributed by atoms with Crippen molar-refractivity contribution >= 4 is 17.2 Å². The van der Waals surface area contributed by atoms with Gasteiger partial charge in [0.15, 0.2) is 11.5 Å². The summed E-state index contributed by atoms with van der Waals surface area (Å²) in [6.07, 6.45) is 3.33. The first-order chi connectivity index (χ1) is 15.6. The summed E-state index contributed by atoms with van der Waals surface area (Å²) in [4.78, 5) is 16.5. The molecule has 0 atom stereocenters. The third-order valence-electron chi connectivity index (χ3n) is 4.79. The molecule has 9 heteroatoms. The number of hydrogen-bond donors (Lipinski definition) is 1. The average Bonchev–Trinajstić information content (AvgIpc) is 3.23. The first kappa shape index (κ1) is 19.4. The molecule has 32 heavy (non-hydrogen) atoms. The second kappa shape index (κ2) is 7.95. The fourth-order valence-electron chi connectivity index (χ4n) is 3.28. The lowest BCUT2D eigenvalue weighted by atomic mass is 10.1. The summed E-state index contributed by atoms with van der Waals surface area (Å²) in [6.45, 7) is 0. The molecule has 3 aromatic heterocycles. The minimum atomic E-state index is -0.929. The lowest BCUT2D eigenvalue weighted by Crippen LogP contribution is -2.15. The quantitative estimate of drug-likeness (QED) is 0.459. The predicted molar refractivity (Wildman–Crippen MR) is 114 cm³/mol. The SMILES string of the molecule is O=C(Nc1cccc(-c2ccc3nnc(-c4cccnc4)n3n2)c1)c1c(F)cccc1F. The number of anilines is 1. The van der Waals surface area contributed by atoms with E-state index in [1.165, 1.54) is 6.07 Å². The molecule has 2 aromatic carbocycles. The van der Waals surface area contributed by atoms with Crippen LogP contribution in [0, 0.1) is 11.6 Å². The zero-order valence-electron chi connectivity index (χ0n) is 16.4. The molecular formula is C23H14F2N6O. The lowest BCUT2D eigenvalue weighted by molar-refractivity contribution is 0.101. The molecule has 0 spiro atoms. The number of nitrogens with one attached hydrogen (secondary N) is 1. The number of carbonyl (C=O) groups is 1. The number of nitrogens with zero attached hydrogens (tertiary/aromatic N) is 5. The van der Waals surface area contributed by atoms with Crippen molar-refractivity contribution in [2.24, 2.45) is 0 Å². The number of fused-ring (bicyclic) bond motifs is 1. The van der Waals surface area contributed by atoms with Crippen LogP contribution < -0.4 is 5.32 Å². The van der Waals surface area contributed by atoms with E-state index in [9.17, 15) is 13.6 Å². The maximum absolute atomic E-state index is 13.9. The first-order valence-electron chi connectivity index (χ1n) is 9.59. The smallest absolute Gasteiger partial charge is 0.261 e. The summed E-state index contributed by atoms with van der Waals surface area (Å²) in [5, 5.41) is 15.5. The van der Waals surface area contributed by atoms with E-state index in [4.69, 9.17) is 0 Å². The Morgan fingerprint density at radius 2 is 1.66 bits per heavy atom. The molecule has 7 nitrogen and oxygen atoms in total. The Labute approximate surface area is 180 Å². The highest BCUT2D eigenvalue weighted by atomic mass is 19.1. The van der Waals surface area contributed by atoms with Crippen molar-refractivity contribution in [1.29, 1.82) is 0 Å². The van der Waals surface area contributed by atoms with Crippen LogP contribution in [0.3, 0.4) is 0 Å². The summed E-state index contributed by atoms with van der Waals surface area (Å²) in [6, 6.07) is 17.3. The predicted octanol–water partition coefficient (Wildman–Crippen LogP) is 4.38. The number of hydrogen-bond acceptors (Lipinski definition) is 5. The van der Waals surface area contributed by atoms with Crippen LogP contribution in [0.15, 0.2) is 79.1 Å². The van der Waals surface area contributed by atoms with Gasteiger partial charge in [-0.1, -0.05) is 18.2 Å². The monoisotopic (exact) mass is 428 g/mol. The second-order valence-corrected chi connectivity index (χ2v) is 6.89. The van der Waals surface area contributed by atoms with Crippen molar-refractivity contribution in [3.05, 3.63) is 96.3 Å². The van der Waals surface area contributed by atoms with Gasteiger partial charge in [-0.05, 0) is 48.5 Å². The van der Waals surface area contributed by atoms with Crippen molar-refractivity contribution < 1.29 is 13.6 Å². The number of pyridine rings is 1. The van der Waals surface area contributed by atoms with Gasteiger partial charge in [-0.15, -0.1) is 10.2 Å². The lowest BCUT2D eigenvalue weighted by Gasteiger charge is -2.09. The van der Waals surface area contributed by atoms with Crippen LogP contribution in [0.25, 0.3) is 28.3 Å². The van der Waals surface area contributed by atoms with Crippen LogP contribution in [-0.2, 0) is 0 Å². The Bertz CT molecular complexity index is 1430. The van der Waals surface area contributed by atoms with Gasteiger partial charge in [-0.2, -0.15) is 9.61 Å². The van der Waals surface area contributed by atoms with Crippen LogP contribution in [0.2, 0.25) is 0 Å². The molecule has 3 heterocycles. The van der Waals surface area contributed by atoms with E-state index < -0.39 is 23.1 Å². The van der Waals surface area contributed by atoms with Crippen LogP contribution in [-0.4, -0.2) is 30.7 Å². The zero-order valence-corrected chi connectivity index (χ0v) is 16.4. The minimum Gasteiger partial charge on any atom is -0.322 e. The molecule has 0 radical (unpaired) electrons. The summed E-state index contributed by atoms with van der Waals surface area (Å²) in [5.41, 5.74) is 2.33. The standard InChI is InChI=1S/C23H14F2N6O/c24-17-7-2-8-18(25)21(17)23(32)27-16-6-1-4-14(12-16)19-9-10-20-28-29-22(31(20)30-19)15-5-3-11-26-13-15/h1-13H,(H,27,32). The number of rotatable bonds is 4. The molecule has 0 unspecified atom stereocenters. The number of aromatic nitrogens is 5. The summed E-state index contributed by atoms with van der Waals surface area (Å²) in [7, 11) is 0. The van der Waals surface area contributed by atoms with Gasteiger partial charge >= 0.3 is 0 Å². The Hall–Kier alpha value is -4.53. The fourth-order valence-corrected chi connectivity index (χ4v) is 3.28. The highest BCUT2D eigenvalue weighted by Crippen LogP contribution is 2.24. The first-order valence-corrected chi connectivity index (χ1v) is 9.59. The van der Waals surface area contributed by atoms with Crippen LogP contribution in [0.4, 0.5) is 14.5 Å². The van der Waals surface area contributed by atoms with E-state index in [2.05, 4.69) is 25.6 Å². The summed E-state index contributed by atoms with van der Waals surface area (Å²) < 4.78 is 29.4. The van der Waals surface area contributed by atoms with Crippen molar-refractivity contribution in [3.8, 4) is 22.6 Å². The molecular weight excluding hydrogens is 414 g/mol. The van der Waals surface area contributed by atoms with E-state index >= 15 is 0 Å². The van der Waals surface area contributed by atoms with Gasteiger partial charge in [0.05, 0.1) is 5.69 Å². The van der Waals surface area contributed by atoms with Crippen LogP contribution >= 0.6 is 0 Å². The third kappa shape index (κ3) is 3.56. The van der Waals surface area contributed by atoms with Crippen molar-refractivity contribution in [2.75, 3.05) is 5.32 Å². The van der Waals surface area contributed by atoms with Gasteiger partial charge in [0.25, 0.3) is 5.91 Å². The van der Waals surface area contributed by atoms with Gasteiger partial charge in [-0.3, -0.25) is 9.78 Å². The maximum Gasteiger partial charge on any atom is 0.261 e. The van der Waals surface area contributed by atoms with E-state index in [1.54, 1.807) is 53.3 Å². The summed E-state index contributed by atoms with van der Waals surface area (Å²) in [5.74, 6) is -2.20. The third-order valence-corrected chi connectivity index (χ3v) is 4.79. The Kier molecular flexibility index (Phi) is 4.83. The normalized spacial score (nSPS) is 10.9. The van der Waals surface area contributed by atoms with Gasteiger partial charge in [0.2, 0.25) is 0 Å². The molecule has 0 saturated heterocycles. The molecule has 156 valence electrons. The van der Waals surface area contributed by atoms with E-state index in [-0.39, 0.29) is 0 Å². The highest BCUT2D eigenvalue weighted by molar-refractivity contribution is 6.04. The minimum absolute atomic E-state index is 0.369. The molecule has 0 aliphatic rings. The van der Waals surface area contributed by atoms with E-state index in [0.717, 1.165) is 17.7 Å². The second-order valence-electron chi connectivity index (χ2n) is 6.89. The van der Waals surface area contributed by atoms with Gasteiger partial charge in [0.1, 0.15) is 17.2 Å². The molecule has 0 fully saturated rings. The molecule has 1 N–H and O–H groups in total. The molecule has 0 saturated carbocycles. The molecule has 1 amide bonds. The average molecular weight is 428 g/mol. The molecule has 5 rings (SSSR count). The Morgan fingerprint density at radius 1 is 0.875 bits per heavy atom. The topological polar surface area (TPSA) is 85.1 Å². The molecule has 0 aliphatic carbocycles. The molecule has 0 aliphatic heterocycles.